The number of aliphatic carboxylic acids is 1. The van der Waals surface area contributed by atoms with E-state index in [1.54, 1.807) is 12.1 Å². The summed E-state index contributed by atoms with van der Waals surface area (Å²) in [5.74, 6) is -0.225. The van der Waals surface area contributed by atoms with Gasteiger partial charge in [0.05, 0.1) is 6.42 Å². The van der Waals surface area contributed by atoms with Gasteiger partial charge in [0.2, 0.25) is 0 Å². The summed E-state index contributed by atoms with van der Waals surface area (Å²) in [6.07, 6.45) is 0.187. The van der Waals surface area contributed by atoms with E-state index in [9.17, 15) is 9.18 Å². The van der Waals surface area contributed by atoms with Gasteiger partial charge >= 0.3 is 5.97 Å². The number of hydrogen-bond donors (Lipinski definition) is 1. The largest absolute Gasteiger partial charge is 0.489 e. The summed E-state index contributed by atoms with van der Waals surface area (Å²) < 4.78 is 18.8. The number of anilines is 1. The predicted molar refractivity (Wildman–Crippen MR) is 98.1 cm³/mol. The van der Waals surface area contributed by atoms with Gasteiger partial charge in [0.1, 0.15) is 18.2 Å². The SMILES string of the molecule is O=C(O)CCN1CCN(c2cccc(OCc3ccc(F)cc3)c2)CC1. The van der Waals surface area contributed by atoms with Crippen LogP contribution in [0.2, 0.25) is 0 Å². The van der Waals surface area contributed by atoms with Crippen LogP contribution in [0, 0.1) is 5.82 Å². The van der Waals surface area contributed by atoms with Crippen molar-refractivity contribution in [2.75, 3.05) is 37.6 Å². The summed E-state index contributed by atoms with van der Waals surface area (Å²) >= 11 is 0. The van der Waals surface area contributed by atoms with E-state index in [0.717, 1.165) is 43.2 Å². The molecule has 1 N–H and O–H groups in total. The third kappa shape index (κ3) is 5.20. The summed E-state index contributed by atoms with van der Waals surface area (Å²) in [6.45, 7) is 4.43. The van der Waals surface area contributed by atoms with Crippen LogP contribution in [0.1, 0.15) is 12.0 Å². The molecular formula is C20H23FN2O3. The normalized spacial score (nSPS) is 15.0. The van der Waals surface area contributed by atoms with Gasteiger partial charge in [0.15, 0.2) is 0 Å². The number of ether oxygens (including phenoxy) is 1. The first-order valence-electron chi connectivity index (χ1n) is 8.76. The summed E-state index contributed by atoms with van der Waals surface area (Å²) in [6, 6.07) is 14.2. The average molecular weight is 358 g/mol. The van der Waals surface area contributed by atoms with Crippen molar-refractivity contribution >= 4 is 11.7 Å². The standard InChI is InChI=1S/C20H23FN2O3/c21-17-6-4-16(5-7-17)15-26-19-3-1-2-18(14-19)23-12-10-22(11-13-23)9-8-20(24)25/h1-7,14H,8-13,15H2,(H,24,25). The first-order chi connectivity index (χ1) is 12.6. The van der Waals surface area contributed by atoms with Crippen LogP contribution in [0.15, 0.2) is 48.5 Å². The van der Waals surface area contributed by atoms with Crippen LogP contribution in [0.5, 0.6) is 5.75 Å². The predicted octanol–water partition coefficient (Wildman–Crippen LogP) is 3.00. The summed E-state index contributed by atoms with van der Waals surface area (Å²) in [4.78, 5) is 15.1. The van der Waals surface area contributed by atoms with Crippen molar-refractivity contribution in [1.82, 2.24) is 4.90 Å². The van der Waals surface area contributed by atoms with Crippen LogP contribution in [0.4, 0.5) is 10.1 Å². The molecule has 0 aromatic heterocycles. The monoisotopic (exact) mass is 358 g/mol. The molecule has 1 heterocycles. The molecule has 3 rings (SSSR count). The van der Waals surface area contributed by atoms with Crippen LogP contribution < -0.4 is 9.64 Å². The van der Waals surface area contributed by atoms with Gasteiger partial charge in [0, 0.05) is 44.5 Å². The van der Waals surface area contributed by atoms with E-state index in [2.05, 4.69) is 15.9 Å². The van der Waals surface area contributed by atoms with E-state index in [0.29, 0.717) is 13.2 Å². The lowest BCUT2D eigenvalue weighted by atomic mass is 10.2. The first kappa shape index (κ1) is 18.2. The van der Waals surface area contributed by atoms with E-state index < -0.39 is 5.97 Å². The van der Waals surface area contributed by atoms with Gasteiger partial charge < -0.3 is 14.7 Å². The summed E-state index contributed by atoms with van der Waals surface area (Å²) in [7, 11) is 0. The van der Waals surface area contributed by atoms with Crippen molar-refractivity contribution in [3.63, 3.8) is 0 Å². The Morgan fingerprint density at radius 1 is 1.08 bits per heavy atom. The van der Waals surface area contributed by atoms with E-state index in [4.69, 9.17) is 9.84 Å². The molecule has 138 valence electrons. The zero-order valence-corrected chi connectivity index (χ0v) is 14.6. The lowest BCUT2D eigenvalue weighted by molar-refractivity contribution is -0.137. The molecule has 0 spiro atoms. The van der Waals surface area contributed by atoms with Crippen molar-refractivity contribution in [2.24, 2.45) is 0 Å². The highest BCUT2D eigenvalue weighted by molar-refractivity contribution is 5.66. The number of benzene rings is 2. The fourth-order valence-corrected chi connectivity index (χ4v) is 3.00. The van der Waals surface area contributed by atoms with Gasteiger partial charge in [-0.1, -0.05) is 18.2 Å². The Morgan fingerprint density at radius 2 is 1.81 bits per heavy atom. The van der Waals surface area contributed by atoms with Crippen molar-refractivity contribution in [1.29, 1.82) is 0 Å². The molecule has 5 nitrogen and oxygen atoms in total. The zero-order valence-electron chi connectivity index (χ0n) is 14.6. The lowest BCUT2D eigenvalue weighted by Crippen LogP contribution is -2.46. The van der Waals surface area contributed by atoms with Crippen molar-refractivity contribution in [2.45, 2.75) is 13.0 Å². The highest BCUT2D eigenvalue weighted by atomic mass is 19.1. The zero-order chi connectivity index (χ0) is 18.4. The second-order valence-electron chi connectivity index (χ2n) is 6.38. The third-order valence-electron chi connectivity index (χ3n) is 4.52. The van der Waals surface area contributed by atoms with Crippen LogP contribution >= 0.6 is 0 Å². The van der Waals surface area contributed by atoms with Gasteiger partial charge in [-0.3, -0.25) is 9.69 Å². The van der Waals surface area contributed by atoms with Gasteiger partial charge in [-0.25, -0.2) is 4.39 Å². The molecule has 1 saturated heterocycles. The molecule has 0 amide bonds. The molecule has 0 radical (unpaired) electrons. The van der Waals surface area contributed by atoms with Crippen LogP contribution in [-0.2, 0) is 11.4 Å². The second kappa shape index (κ2) is 8.67. The smallest absolute Gasteiger partial charge is 0.304 e. The topological polar surface area (TPSA) is 53.0 Å². The molecule has 2 aromatic rings. The molecule has 0 unspecified atom stereocenters. The van der Waals surface area contributed by atoms with E-state index >= 15 is 0 Å². The van der Waals surface area contributed by atoms with E-state index in [1.807, 2.05) is 18.2 Å². The molecule has 2 aromatic carbocycles. The summed E-state index contributed by atoms with van der Waals surface area (Å²) in [5.41, 5.74) is 2.02. The quantitative estimate of drug-likeness (QED) is 0.825. The minimum atomic E-state index is -0.751. The van der Waals surface area contributed by atoms with Gasteiger partial charge in [-0.05, 0) is 29.8 Å². The van der Waals surface area contributed by atoms with Crippen molar-refractivity contribution < 1.29 is 19.0 Å². The lowest BCUT2D eigenvalue weighted by Gasteiger charge is -2.36. The number of hydrogen-bond acceptors (Lipinski definition) is 4. The van der Waals surface area contributed by atoms with E-state index in [-0.39, 0.29) is 12.2 Å². The van der Waals surface area contributed by atoms with Crippen LogP contribution in [-0.4, -0.2) is 48.7 Å². The fraction of sp³-hybridized carbons (Fsp3) is 0.350. The average Bonchev–Trinajstić information content (AvgIpc) is 2.66. The molecule has 6 heteroatoms. The molecule has 0 bridgehead atoms. The molecule has 0 saturated carbocycles. The van der Waals surface area contributed by atoms with Crippen LogP contribution in [0.25, 0.3) is 0 Å². The second-order valence-corrected chi connectivity index (χ2v) is 6.38. The molecular weight excluding hydrogens is 335 g/mol. The number of nitrogens with zero attached hydrogens (tertiary/aromatic N) is 2. The minimum absolute atomic E-state index is 0.187. The van der Waals surface area contributed by atoms with Crippen molar-refractivity contribution in [3.05, 3.63) is 59.9 Å². The number of rotatable bonds is 7. The summed E-state index contributed by atoms with van der Waals surface area (Å²) in [5, 5.41) is 8.78. The molecule has 1 aliphatic heterocycles. The van der Waals surface area contributed by atoms with Crippen LogP contribution in [0.3, 0.4) is 0 Å². The molecule has 26 heavy (non-hydrogen) atoms. The maximum atomic E-state index is 12.9. The molecule has 0 aliphatic carbocycles. The number of carboxylic acid groups (broad SMARTS) is 1. The Bertz CT molecular complexity index is 728. The molecule has 1 fully saturated rings. The number of carboxylic acids is 1. The third-order valence-corrected chi connectivity index (χ3v) is 4.52. The Hall–Kier alpha value is -2.60. The van der Waals surface area contributed by atoms with Gasteiger partial charge in [-0.2, -0.15) is 0 Å². The van der Waals surface area contributed by atoms with Gasteiger partial charge in [-0.15, -0.1) is 0 Å². The Kier molecular flexibility index (Phi) is 6.07. The van der Waals surface area contributed by atoms with Crippen molar-refractivity contribution in [3.8, 4) is 5.75 Å². The highest BCUT2D eigenvalue weighted by Gasteiger charge is 2.18. The Labute approximate surface area is 152 Å². The Morgan fingerprint density at radius 3 is 2.50 bits per heavy atom. The van der Waals surface area contributed by atoms with E-state index in [1.165, 1.54) is 12.1 Å². The van der Waals surface area contributed by atoms with Gasteiger partial charge in [0.25, 0.3) is 0 Å². The number of carbonyl (C=O) groups is 1. The maximum Gasteiger partial charge on any atom is 0.304 e. The maximum absolute atomic E-state index is 12.9. The molecule has 0 atom stereocenters. The number of halogens is 1. The first-order valence-corrected chi connectivity index (χ1v) is 8.76. The number of piperazine rings is 1. The minimum Gasteiger partial charge on any atom is -0.489 e. The fourth-order valence-electron chi connectivity index (χ4n) is 3.00. The highest BCUT2D eigenvalue weighted by Crippen LogP contribution is 2.23. The molecule has 1 aliphatic rings. The Balaban J connectivity index is 1.52.